The molecule has 3 aliphatic heterocycles. The fourth-order valence-electron chi connectivity index (χ4n) is 5.74. The number of hydrogen-bond donors (Lipinski definition) is 1. The normalized spacial score (nSPS) is 27.0. The number of ether oxygens (including phenoxy) is 3. The van der Waals surface area contributed by atoms with Gasteiger partial charge in [0.15, 0.2) is 0 Å². The Morgan fingerprint density at radius 1 is 1.12 bits per heavy atom. The zero-order valence-electron chi connectivity index (χ0n) is 19.9. The van der Waals surface area contributed by atoms with Crippen LogP contribution in [-0.4, -0.2) is 55.9 Å². The molecule has 176 valence electrons. The first-order valence-corrected chi connectivity index (χ1v) is 11.8. The number of piperidine rings is 3. The number of fused-ring (bicyclic) bond motifs is 4. The van der Waals surface area contributed by atoms with Gasteiger partial charge in [0.05, 0.1) is 20.3 Å². The molecule has 2 atom stereocenters. The average molecular weight is 452 g/mol. The highest BCUT2D eigenvalue weighted by atomic mass is 16.6. The lowest BCUT2D eigenvalue weighted by molar-refractivity contribution is -0.0348. The van der Waals surface area contributed by atoms with Crippen LogP contribution in [0.4, 0.5) is 4.79 Å². The van der Waals surface area contributed by atoms with Crippen molar-refractivity contribution in [1.82, 2.24) is 15.2 Å². The number of nitrogens with zero attached hydrogens (tertiary/aromatic N) is 2. The van der Waals surface area contributed by atoms with Gasteiger partial charge in [0.2, 0.25) is 11.8 Å². The Morgan fingerprint density at radius 2 is 1.91 bits per heavy atom. The Morgan fingerprint density at radius 3 is 2.58 bits per heavy atom. The smallest absolute Gasteiger partial charge is 0.407 e. The van der Waals surface area contributed by atoms with Crippen molar-refractivity contribution in [2.45, 2.75) is 45.3 Å². The second-order valence-corrected chi connectivity index (χ2v) is 10.1. The topological polar surface area (TPSA) is 72.9 Å². The van der Waals surface area contributed by atoms with Crippen LogP contribution in [0.3, 0.4) is 0 Å². The number of rotatable bonds is 5. The Bertz CT molecular complexity index is 1050. The van der Waals surface area contributed by atoms with Crippen LogP contribution >= 0.6 is 0 Å². The number of carbonyl (C=O) groups excluding carboxylic acids is 1. The number of pyridine rings is 1. The second-order valence-electron chi connectivity index (χ2n) is 10.1. The van der Waals surface area contributed by atoms with Crippen molar-refractivity contribution < 1.29 is 19.0 Å². The van der Waals surface area contributed by atoms with Gasteiger partial charge in [0, 0.05) is 18.2 Å². The van der Waals surface area contributed by atoms with Gasteiger partial charge in [-0.3, -0.25) is 4.90 Å². The van der Waals surface area contributed by atoms with Crippen molar-refractivity contribution in [3.05, 3.63) is 41.5 Å². The summed E-state index contributed by atoms with van der Waals surface area (Å²) in [7, 11) is 3.20. The summed E-state index contributed by atoms with van der Waals surface area (Å²) in [5.41, 5.74) is 4.21. The van der Waals surface area contributed by atoms with Gasteiger partial charge in [-0.2, -0.15) is 4.98 Å². The molecule has 4 aliphatic rings. The molecule has 1 aromatic heterocycles. The van der Waals surface area contributed by atoms with Crippen LogP contribution < -0.4 is 14.8 Å². The van der Waals surface area contributed by atoms with E-state index >= 15 is 0 Å². The number of alkyl carbamates (subject to hydrolysis) is 1. The van der Waals surface area contributed by atoms with Gasteiger partial charge in [-0.15, -0.1) is 0 Å². The van der Waals surface area contributed by atoms with Crippen molar-refractivity contribution >= 4 is 6.09 Å². The zero-order chi connectivity index (χ0) is 23.2. The highest BCUT2D eigenvalue weighted by molar-refractivity contribution is 5.72. The van der Waals surface area contributed by atoms with Crippen molar-refractivity contribution in [3.63, 3.8) is 0 Å². The molecule has 0 saturated carbocycles. The molecule has 7 heteroatoms. The average Bonchev–Trinajstić information content (AvgIpc) is 3.07. The molecule has 4 heterocycles. The Hall–Kier alpha value is -2.80. The molecule has 1 aromatic carbocycles. The third kappa shape index (κ3) is 4.14. The first-order valence-electron chi connectivity index (χ1n) is 11.8. The predicted molar refractivity (Wildman–Crippen MR) is 126 cm³/mol. The standard InChI is InChI=1S/C26H33N3O4/c1-26(2)14-18-13-17(20-7-8-22(31-3)27-24(20)32-4)5-6-19(18)23(26)28-25(30)33-21-15-29-11-9-16(21)10-12-29/h5-8,13,16,21,23H,9-12,14-15H2,1-4H3,(H,28,30)/t21-,23?/m1/s1. The van der Waals surface area contributed by atoms with Gasteiger partial charge in [0.1, 0.15) is 6.10 Å². The summed E-state index contributed by atoms with van der Waals surface area (Å²) in [6.07, 6.45) is 2.83. The predicted octanol–water partition coefficient (Wildman–Crippen LogP) is 4.21. The summed E-state index contributed by atoms with van der Waals surface area (Å²) in [5.74, 6) is 1.55. The number of hydrogen-bond acceptors (Lipinski definition) is 6. The zero-order valence-corrected chi connectivity index (χ0v) is 19.9. The van der Waals surface area contributed by atoms with E-state index in [1.54, 1.807) is 14.2 Å². The van der Waals surface area contributed by atoms with Crippen molar-refractivity contribution in [2.24, 2.45) is 11.3 Å². The maximum atomic E-state index is 12.9. The molecule has 1 amide bonds. The van der Waals surface area contributed by atoms with Crippen LogP contribution in [0.2, 0.25) is 0 Å². The van der Waals surface area contributed by atoms with Gasteiger partial charge >= 0.3 is 6.09 Å². The summed E-state index contributed by atoms with van der Waals surface area (Å²) in [5, 5.41) is 3.20. The molecule has 0 radical (unpaired) electrons. The van der Waals surface area contributed by atoms with E-state index in [9.17, 15) is 4.79 Å². The number of carbonyl (C=O) groups is 1. The lowest BCUT2D eigenvalue weighted by Gasteiger charge is -2.44. The molecule has 2 aromatic rings. The fraction of sp³-hybridized carbons (Fsp3) is 0.538. The van der Waals surface area contributed by atoms with Gasteiger partial charge < -0.3 is 19.5 Å². The summed E-state index contributed by atoms with van der Waals surface area (Å²) < 4.78 is 16.6. The molecule has 3 fully saturated rings. The molecule has 2 bridgehead atoms. The maximum absolute atomic E-state index is 12.9. The first kappa shape index (κ1) is 22.0. The van der Waals surface area contributed by atoms with Crippen molar-refractivity contribution in [2.75, 3.05) is 33.9 Å². The van der Waals surface area contributed by atoms with Gasteiger partial charge in [0.25, 0.3) is 0 Å². The molecule has 1 unspecified atom stereocenters. The van der Waals surface area contributed by atoms with E-state index in [0.29, 0.717) is 17.7 Å². The SMILES string of the molecule is COc1ccc(-c2ccc3c(c2)CC(C)(C)C3NC(=O)O[C@@H]2CN3CCC2CC3)c(OC)n1. The van der Waals surface area contributed by atoms with Crippen molar-refractivity contribution in [1.29, 1.82) is 0 Å². The van der Waals surface area contributed by atoms with E-state index in [-0.39, 0.29) is 23.7 Å². The lowest BCUT2D eigenvalue weighted by Crippen LogP contribution is -2.53. The van der Waals surface area contributed by atoms with E-state index in [4.69, 9.17) is 14.2 Å². The largest absolute Gasteiger partial charge is 0.481 e. The molecular formula is C26H33N3O4. The molecule has 7 nitrogen and oxygen atoms in total. The number of methoxy groups -OCH3 is 2. The van der Waals surface area contributed by atoms with E-state index < -0.39 is 0 Å². The number of aromatic nitrogens is 1. The Labute approximate surface area is 195 Å². The summed E-state index contributed by atoms with van der Waals surface area (Å²) in [4.78, 5) is 19.7. The number of amides is 1. The van der Waals surface area contributed by atoms with Gasteiger partial charge in [-0.05, 0) is 66.4 Å². The molecule has 3 saturated heterocycles. The molecule has 33 heavy (non-hydrogen) atoms. The lowest BCUT2D eigenvalue weighted by atomic mass is 9.85. The van der Waals surface area contributed by atoms with Crippen LogP contribution in [0.1, 0.15) is 43.9 Å². The summed E-state index contributed by atoms with van der Waals surface area (Å²) in [6.45, 7) is 7.52. The Kier molecular flexibility index (Phi) is 5.69. The number of nitrogens with one attached hydrogen (secondary N) is 1. The molecule has 0 spiro atoms. The minimum absolute atomic E-state index is 0.00824. The Balaban J connectivity index is 1.35. The highest BCUT2D eigenvalue weighted by Gasteiger charge is 2.42. The van der Waals surface area contributed by atoms with Crippen LogP contribution in [0, 0.1) is 11.3 Å². The van der Waals surface area contributed by atoms with Crippen LogP contribution in [-0.2, 0) is 11.2 Å². The van der Waals surface area contributed by atoms with Crippen LogP contribution in [0.25, 0.3) is 11.1 Å². The van der Waals surface area contributed by atoms with E-state index in [1.807, 2.05) is 12.1 Å². The van der Waals surface area contributed by atoms with Gasteiger partial charge in [-0.25, -0.2) is 4.79 Å². The minimum Gasteiger partial charge on any atom is -0.481 e. The molecule has 1 N–H and O–H groups in total. The third-order valence-corrected chi connectivity index (χ3v) is 7.55. The van der Waals surface area contributed by atoms with Gasteiger partial charge in [-0.1, -0.05) is 32.0 Å². The summed E-state index contributed by atoms with van der Waals surface area (Å²) in [6, 6.07) is 10.1. The van der Waals surface area contributed by atoms with Crippen molar-refractivity contribution in [3.8, 4) is 22.9 Å². The van der Waals surface area contributed by atoms with Crippen LogP contribution in [0.5, 0.6) is 11.8 Å². The molecule has 6 rings (SSSR count). The molecular weight excluding hydrogens is 418 g/mol. The highest BCUT2D eigenvalue weighted by Crippen LogP contribution is 2.47. The second kappa shape index (κ2) is 8.52. The number of benzene rings is 1. The quantitative estimate of drug-likeness (QED) is 0.734. The van der Waals surface area contributed by atoms with E-state index in [0.717, 1.165) is 55.6 Å². The monoisotopic (exact) mass is 451 g/mol. The molecule has 1 aliphatic carbocycles. The van der Waals surface area contributed by atoms with E-state index in [2.05, 4.69) is 47.2 Å². The third-order valence-electron chi connectivity index (χ3n) is 7.55. The van der Waals surface area contributed by atoms with Crippen LogP contribution in [0.15, 0.2) is 30.3 Å². The summed E-state index contributed by atoms with van der Waals surface area (Å²) >= 11 is 0. The fourth-order valence-corrected chi connectivity index (χ4v) is 5.74. The van der Waals surface area contributed by atoms with E-state index in [1.165, 1.54) is 5.56 Å². The maximum Gasteiger partial charge on any atom is 0.407 e. The minimum atomic E-state index is -0.301. The first-order chi connectivity index (χ1) is 15.9.